The third-order valence-corrected chi connectivity index (χ3v) is 3.96. The Labute approximate surface area is 134 Å². The monoisotopic (exact) mass is 323 g/mol. The van der Waals surface area contributed by atoms with Crippen LogP contribution < -0.4 is 5.32 Å². The molecule has 1 saturated heterocycles. The van der Waals surface area contributed by atoms with Crippen molar-refractivity contribution in [3.63, 3.8) is 0 Å². The molecule has 2 heterocycles. The highest BCUT2D eigenvalue weighted by Gasteiger charge is 2.33. The van der Waals surface area contributed by atoms with Gasteiger partial charge in [0.1, 0.15) is 0 Å². The van der Waals surface area contributed by atoms with Crippen LogP contribution in [-0.2, 0) is 0 Å². The number of nitrogens with one attached hydrogen (secondary N) is 1. The van der Waals surface area contributed by atoms with Crippen molar-refractivity contribution in [2.45, 2.75) is 6.42 Å². The molecular weight excluding hydrogens is 306 g/mol. The molecule has 0 aliphatic carbocycles. The van der Waals surface area contributed by atoms with Gasteiger partial charge < -0.3 is 10.2 Å². The van der Waals surface area contributed by atoms with E-state index in [1.807, 2.05) is 0 Å². The smallest absolute Gasteiger partial charge is 0.261 e. The van der Waals surface area contributed by atoms with Gasteiger partial charge in [0.2, 0.25) is 0 Å². The number of benzene rings is 1. The van der Waals surface area contributed by atoms with Gasteiger partial charge >= 0.3 is 0 Å². The van der Waals surface area contributed by atoms with E-state index in [4.69, 9.17) is 0 Å². The van der Waals surface area contributed by atoms with Gasteiger partial charge in [0, 0.05) is 32.2 Å². The number of fused-ring (bicyclic) bond motifs is 1. The Kier molecular flexibility index (Phi) is 4.83. The van der Waals surface area contributed by atoms with Crippen molar-refractivity contribution in [1.82, 2.24) is 15.1 Å². The first-order valence-corrected chi connectivity index (χ1v) is 7.06. The van der Waals surface area contributed by atoms with E-state index in [2.05, 4.69) is 5.32 Å². The van der Waals surface area contributed by atoms with E-state index in [0.717, 1.165) is 24.4 Å². The number of hydrogen-bond acceptors (Lipinski definition) is 4. The molecule has 0 radical (unpaired) electrons. The zero-order valence-corrected chi connectivity index (χ0v) is 13.1. The van der Waals surface area contributed by atoms with Crippen molar-refractivity contribution in [2.75, 3.05) is 33.2 Å². The molecule has 1 aromatic rings. The highest BCUT2D eigenvalue weighted by Crippen LogP contribution is 2.23. The molecule has 0 unspecified atom stereocenters. The van der Waals surface area contributed by atoms with Gasteiger partial charge in [-0.15, -0.1) is 12.4 Å². The van der Waals surface area contributed by atoms with E-state index in [1.54, 1.807) is 23.1 Å². The molecule has 6 nitrogen and oxygen atoms in total. The maximum atomic E-state index is 12.5. The predicted molar refractivity (Wildman–Crippen MR) is 83.5 cm³/mol. The van der Waals surface area contributed by atoms with Crippen LogP contribution in [-0.4, -0.2) is 60.7 Å². The molecule has 1 N–H and O–H groups in total. The minimum absolute atomic E-state index is 0. The summed E-state index contributed by atoms with van der Waals surface area (Å²) in [5.41, 5.74) is 1.16. The summed E-state index contributed by atoms with van der Waals surface area (Å²) in [5.74, 6) is -0.744. The Morgan fingerprint density at radius 2 is 1.82 bits per heavy atom. The van der Waals surface area contributed by atoms with Crippen molar-refractivity contribution in [3.05, 3.63) is 34.9 Å². The molecule has 22 heavy (non-hydrogen) atoms. The topological polar surface area (TPSA) is 69.7 Å². The van der Waals surface area contributed by atoms with Crippen LogP contribution in [0.4, 0.5) is 0 Å². The number of carbonyl (C=O) groups is 3. The summed E-state index contributed by atoms with van der Waals surface area (Å²) < 4.78 is 0. The van der Waals surface area contributed by atoms with Crippen LogP contribution in [0.2, 0.25) is 0 Å². The second-order valence-corrected chi connectivity index (χ2v) is 5.33. The van der Waals surface area contributed by atoms with Crippen LogP contribution in [0.1, 0.15) is 37.5 Å². The van der Waals surface area contributed by atoms with Crippen LogP contribution in [0.3, 0.4) is 0 Å². The van der Waals surface area contributed by atoms with E-state index in [9.17, 15) is 14.4 Å². The highest BCUT2D eigenvalue weighted by molar-refractivity contribution is 6.21. The zero-order chi connectivity index (χ0) is 15.0. The number of nitrogens with zero attached hydrogens (tertiary/aromatic N) is 2. The molecular formula is C15H18ClN3O3. The first kappa shape index (κ1) is 16.5. The molecule has 0 spiro atoms. The molecule has 0 bridgehead atoms. The fourth-order valence-electron chi connectivity index (χ4n) is 2.73. The second kappa shape index (κ2) is 6.46. The van der Waals surface area contributed by atoms with Gasteiger partial charge in [-0.25, -0.2) is 0 Å². The number of hydrogen-bond donors (Lipinski definition) is 1. The summed E-state index contributed by atoms with van der Waals surface area (Å²) in [6.45, 7) is 3.04. The van der Waals surface area contributed by atoms with Gasteiger partial charge in [0.05, 0.1) is 11.1 Å². The largest absolute Gasteiger partial charge is 0.337 e. The first-order chi connectivity index (χ1) is 10.1. The Bertz CT molecular complexity index is 624. The fraction of sp³-hybridized carbons (Fsp3) is 0.400. The molecule has 1 aromatic carbocycles. The van der Waals surface area contributed by atoms with Gasteiger partial charge in [-0.05, 0) is 31.2 Å². The van der Waals surface area contributed by atoms with Crippen molar-refractivity contribution in [3.8, 4) is 0 Å². The van der Waals surface area contributed by atoms with Gasteiger partial charge in [-0.1, -0.05) is 0 Å². The molecule has 0 saturated carbocycles. The first-order valence-electron chi connectivity index (χ1n) is 7.06. The quantitative estimate of drug-likeness (QED) is 0.775. The lowest BCUT2D eigenvalue weighted by Gasteiger charge is -2.20. The maximum absolute atomic E-state index is 12.5. The Balaban J connectivity index is 0.00000176. The third kappa shape index (κ3) is 2.71. The van der Waals surface area contributed by atoms with Crippen molar-refractivity contribution >= 4 is 30.1 Å². The molecule has 3 amide bonds. The molecule has 3 rings (SSSR count). The van der Waals surface area contributed by atoms with Gasteiger partial charge in [-0.2, -0.15) is 0 Å². The average Bonchev–Trinajstić information content (AvgIpc) is 2.74. The molecule has 7 heteroatoms. The van der Waals surface area contributed by atoms with Crippen LogP contribution >= 0.6 is 12.4 Å². The Morgan fingerprint density at radius 1 is 1.09 bits per heavy atom. The summed E-state index contributed by atoms with van der Waals surface area (Å²) in [6.07, 6.45) is 0.914. The summed E-state index contributed by atoms with van der Waals surface area (Å²) >= 11 is 0. The predicted octanol–water partition coefficient (Wildman–Crippen LogP) is 0.770. The lowest BCUT2D eigenvalue weighted by atomic mass is 10.0. The lowest BCUT2D eigenvalue weighted by molar-refractivity contribution is 0.0692. The number of carbonyl (C=O) groups excluding carboxylic acids is 3. The van der Waals surface area contributed by atoms with Gasteiger partial charge in [0.15, 0.2) is 0 Å². The van der Waals surface area contributed by atoms with E-state index in [-0.39, 0.29) is 30.1 Å². The average molecular weight is 324 g/mol. The summed E-state index contributed by atoms with van der Waals surface area (Å²) in [6, 6.07) is 4.74. The molecule has 0 aromatic heterocycles. The SMILES string of the molecule is CN1C(=O)c2ccc(C(=O)N3CCCNCC3)cc2C1=O.Cl. The van der Waals surface area contributed by atoms with Gasteiger partial charge in [-0.3, -0.25) is 19.3 Å². The number of rotatable bonds is 1. The van der Waals surface area contributed by atoms with Crippen molar-refractivity contribution in [2.24, 2.45) is 0 Å². The fourth-order valence-corrected chi connectivity index (χ4v) is 2.73. The van der Waals surface area contributed by atoms with Crippen LogP contribution in [0, 0.1) is 0 Å². The second-order valence-electron chi connectivity index (χ2n) is 5.33. The van der Waals surface area contributed by atoms with Crippen LogP contribution in [0.15, 0.2) is 18.2 Å². The molecule has 2 aliphatic heterocycles. The van der Waals surface area contributed by atoms with Crippen molar-refractivity contribution in [1.29, 1.82) is 0 Å². The normalized spacial score (nSPS) is 17.9. The third-order valence-electron chi connectivity index (χ3n) is 3.96. The Hall–Kier alpha value is -1.92. The Morgan fingerprint density at radius 3 is 2.59 bits per heavy atom. The van der Waals surface area contributed by atoms with E-state index in [0.29, 0.717) is 29.8 Å². The van der Waals surface area contributed by atoms with Crippen molar-refractivity contribution < 1.29 is 14.4 Å². The number of amides is 3. The van der Waals surface area contributed by atoms with Crippen LogP contribution in [0.25, 0.3) is 0 Å². The van der Waals surface area contributed by atoms with E-state index < -0.39 is 0 Å². The van der Waals surface area contributed by atoms with E-state index in [1.165, 1.54) is 7.05 Å². The molecule has 1 fully saturated rings. The van der Waals surface area contributed by atoms with Crippen LogP contribution in [0.5, 0.6) is 0 Å². The lowest BCUT2D eigenvalue weighted by Crippen LogP contribution is -2.34. The molecule has 0 atom stereocenters. The van der Waals surface area contributed by atoms with Gasteiger partial charge in [0.25, 0.3) is 17.7 Å². The number of halogens is 1. The summed E-state index contributed by atoms with van der Waals surface area (Å²) in [5, 5.41) is 3.24. The molecule has 2 aliphatic rings. The van der Waals surface area contributed by atoms with E-state index >= 15 is 0 Å². The highest BCUT2D eigenvalue weighted by atomic mass is 35.5. The standard InChI is InChI=1S/C15H17N3O3.ClH/c1-17-14(20)11-4-3-10(9-12(11)15(17)21)13(19)18-7-2-5-16-6-8-18;/h3-4,9,16H,2,5-8H2,1H3;1H. The zero-order valence-electron chi connectivity index (χ0n) is 12.3. The number of imide groups is 1. The minimum atomic E-state index is -0.345. The summed E-state index contributed by atoms with van der Waals surface area (Å²) in [7, 11) is 1.45. The molecule has 118 valence electrons. The minimum Gasteiger partial charge on any atom is -0.337 e. The summed E-state index contributed by atoms with van der Waals surface area (Å²) in [4.78, 5) is 39.2. The maximum Gasteiger partial charge on any atom is 0.261 e.